The topological polar surface area (TPSA) is 15.3 Å². The summed E-state index contributed by atoms with van der Waals surface area (Å²) in [5.74, 6) is 2.73. The highest BCUT2D eigenvalue weighted by Gasteiger charge is 2.11. The smallest absolute Gasteiger partial charge is 0.0366 e. The lowest BCUT2D eigenvalue weighted by molar-refractivity contribution is 0.507. The molecule has 19 heavy (non-hydrogen) atoms. The third kappa shape index (κ3) is 4.01. The zero-order valence-corrected chi connectivity index (χ0v) is 11.9. The fraction of sp³-hybridized carbons (Fsp3) is 0.529. The highest BCUT2D eigenvalue weighted by molar-refractivity contribution is 5.48. The standard InChI is InChI=1S/C17H24N2/c1-3-7-16(4-2)18-14-15-8-10-17(11-9-15)19-12-5-6-13-19/h1,8-11,16,18H,4-7,12-14H2,2H3. The zero-order chi connectivity index (χ0) is 13.5. The minimum Gasteiger partial charge on any atom is -0.372 e. The molecule has 1 unspecified atom stereocenters. The average molecular weight is 256 g/mol. The molecule has 2 nitrogen and oxygen atoms in total. The fourth-order valence-corrected chi connectivity index (χ4v) is 2.57. The molecule has 1 heterocycles. The minimum atomic E-state index is 0.434. The van der Waals surface area contributed by atoms with E-state index >= 15 is 0 Å². The molecule has 1 aliphatic heterocycles. The van der Waals surface area contributed by atoms with Crippen LogP contribution in [0.25, 0.3) is 0 Å². The summed E-state index contributed by atoms with van der Waals surface area (Å²) in [4.78, 5) is 2.46. The van der Waals surface area contributed by atoms with Crippen LogP contribution in [0.1, 0.15) is 38.2 Å². The van der Waals surface area contributed by atoms with Gasteiger partial charge in [-0.25, -0.2) is 0 Å². The van der Waals surface area contributed by atoms with Crippen molar-refractivity contribution in [2.75, 3.05) is 18.0 Å². The van der Waals surface area contributed by atoms with E-state index in [-0.39, 0.29) is 0 Å². The van der Waals surface area contributed by atoms with E-state index in [0.717, 1.165) is 19.4 Å². The Balaban J connectivity index is 1.86. The first-order valence-electron chi connectivity index (χ1n) is 7.34. The Kier molecular flexibility index (Phi) is 5.30. The Morgan fingerprint density at radius 1 is 1.26 bits per heavy atom. The molecular weight excluding hydrogens is 232 g/mol. The first-order valence-corrected chi connectivity index (χ1v) is 7.34. The third-order valence-electron chi connectivity index (χ3n) is 3.86. The molecule has 1 aromatic carbocycles. The van der Waals surface area contributed by atoms with Crippen molar-refractivity contribution in [3.05, 3.63) is 29.8 Å². The summed E-state index contributed by atoms with van der Waals surface area (Å²) in [6.07, 6.45) is 9.91. The highest BCUT2D eigenvalue weighted by Crippen LogP contribution is 2.20. The molecule has 0 radical (unpaired) electrons. The van der Waals surface area contributed by atoms with Gasteiger partial charge >= 0.3 is 0 Å². The first kappa shape index (κ1) is 14.0. The quantitative estimate of drug-likeness (QED) is 0.786. The van der Waals surface area contributed by atoms with Gasteiger partial charge in [-0.15, -0.1) is 12.3 Å². The van der Waals surface area contributed by atoms with Gasteiger partial charge in [0.05, 0.1) is 0 Å². The van der Waals surface area contributed by atoms with Crippen molar-refractivity contribution in [2.45, 2.75) is 45.2 Å². The maximum atomic E-state index is 5.37. The molecule has 1 saturated heterocycles. The van der Waals surface area contributed by atoms with Crippen molar-refractivity contribution in [1.82, 2.24) is 5.32 Å². The van der Waals surface area contributed by atoms with Gasteiger partial charge in [-0.2, -0.15) is 0 Å². The van der Waals surface area contributed by atoms with Crippen molar-refractivity contribution < 1.29 is 0 Å². The molecule has 1 aliphatic rings. The van der Waals surface area contributed by atoms with Gasteiger partial charge in [0.25, 0.3) is 0 Å². The lowest BCUT2D eigenvalue weighted by Crippen LogP contribution is -2.27. The van der Waals surface area contributed by atoms with Gasteiger partial charge in [0.2, 0.25) is 0 Å². The van der Waals surface area contributed by atoms with Crippen LogP contribution in [0, 0.1) is 12.3 Å². The van der Waals surface area contributed by atoms with E-state index in [9.17, 15) is 0 Å². The molecule has 1 aromatic rings. The van der Waals surface area contributed by atoms with Crippen LogP contribution in [0.2, 0.25) is 0 Å². The average Bonchev–Trinajstić information content (AvgIpc) is 2.98. The molecule has 0 amide bonds. The predicted octanol–water partition coefficient (Wildman–Crippen LogP) is 3.18. The van der Waals surface area contributed by atoms with Crippen LogP contribution >= 0.6 is 0 Å². The number of hydrogen-bond donors (Lipinski definition) is 1. The van der Waals surface area contributed by atoms with Crippen LogP contribution in [-0.4, -0.2) is 19.1 Å². The molecule has 1 fully saturated rings. The second-order valence-electron chi connectivity index (χ2n) is 5.25. The van der Waals surface area contributed by atoms with Crippen LogP contribution in [0.4, 0.5) is 5.69 Å². The van der Waals surface area contributed by atoms with Crippen molar-refractivity contribution in [1.29, 1.82) is 0 Å². The van der Waals surface area contributed by atoms with Crippen LogP contribution in [0.5, 0.6) is 0 Å². The summed E-state index contributed by atoms with van der Waals surface area (Å²) in [7, 11) is 0. The maximum absolute atomic E-state index is 5.37. The molecule has 1 N–H and O–H groups in total. The van der Waals surface area contributed by atoms with E-state index in [1.54, 1.807) is 0 Å². The summed E-state index contributed by atoms with van der Waals surface area (Å²) in [6.45, 7) is 5.49. The largest absolute Gasteiger partial charge is 0.372 e. The Morgan fingerprint density at radius 3 is 2.53 bits per heavy atom. The second-order valence-corrected chi connectivity index (χ2v) is 5.25. The number of nitrogens with one attached hydrogen (secondary N) is 1. The number of nitrogens with zero attached hydrogens (tertiary/aromatic N) is 1. The van der Waals surface area contributed by atoms with E-state index < -0.39 is 0 Å². The molecule has 0 aliphatic carbocycles. The summed E-state index contributed by atoms with van der Waals surface area (Å²) < 4.78 is 0. The van der Waals surface area contributed by atoms with E-state index in [1.165, 1.54) is 37.2 Å². The van der Waals surface area contributed by atoms with Crippen molar-refractivity contribution >= 4 is 5.69 Å². The number of rotatable bonds is 6. The molecular formula is C17H24N2. The molecule has 0 saturated carbocycles. The molecule has 1 atom stereocenters. The van der Waals surface area contributed by atoms with Crippen LogP contribution < -0.4 is 10.2 Å². The minimum absolute atomic E-state index is 0.434. The van der Waals surface area contributed by atoms with Gasteiger partial charge in [0.15, 0.2) is 0 Å². The van der Waals surface area contributed by atoms with Crippen LogP contribution in [0.15, 0.2) is 24.3 Å². The first-order chi connectivity index (χ1) is 9.33. The summed E-state index contributed by atoms with van der Waals surface area (Å²) in [5.41, 5.74) is 2.69. The lowest BCUT2D eigenvalue weighted by atomic mass is 10.1. The van der Waals surface area contributed by atoms with Crippen molar-refractivity contribution in [2.24, 2.45) is 0 Å². The van der Waals surface area contributed by atoms with Gasteiger partial charge in [0.1, 0.15) is 0 Å². The van der Waals surface area contributed by atoms with Gasteiger partial charge in [-0.3, -0.25) is 0 Å². The van der Waals surface area contributed by atoms with Gasteiger partial charge in [-0.1, -0.05) is 19.1 Å². The summed E-state index contributed by atoms with van der Waals surface area (Å²) >= 11 is 0. The van der Waals surface area contributed by atoms with Crippen molar-refractivity contribution in [3.63, 3.8) is 0 Å². The molecule has 0 aromatic heterocycles. The van der Waals surface area contributed by atoms with Crippen LogP contribution in [0.3, 0.4) is 0 Å². The Labute approximate surface area is 117 Å². The van der Waals surface area contributed by atoms with E-state index in [2.05, 4.69) is 47.3 Å². The number of anilines is 1. The predicted molar refractivity (Wildman–Crippen MR) is 82.3 cm³/mol. The second kappa shape index (κ2) is 7.21. The van der Waals surface area contributed by atoms with E-state index in [1.807, 2.05) is 0 Å². The third-order valence-corrected chi connectivity index (χ3v) is 3.86. The Morgan fingerprint density at radius 2 is 1.95 bits per heavy atom. The Bertz CT molecular complexity index is 410. The van der Waals surface area contributed by atoms with E-state index in [0.29, 0.717) is 6.04 Å². The van der Waals surface area contributed by atoms with Crippen molar-refractivity contribution in [3.8, 4) is 12.3 Å². The van der Waals surface area contributed by atoms with Gasteiger partial charge in [0, 0.05) is 37.8 Å². The highest BCUT2D eigenvalue weighted by atomic mass is 15.1. The number of hydrogen-bond acceptors (Lipinski definition) is 2. The summed E-state index contributed by atoms with van der Waals surface area (Å²) in [6, 6.07) is 9.37. The molecule has 2 rings (SSSR count). The molecule has 0 spiro atoms. The lowest BCUT2D eigenvalue weighted by Gasteiger charge is -2.18. The molecule has 102 valence electrons. The number of benzene rings is 1. The zero-order valence-electron chi connectivity index (χ0n) is 11.9. The molecule has 2 heteroatoms. The van der Waals surface area contributed by atoms with E-state index in [4.69, 9.17) is 6.42 Å². The summed E-state index contributed by atoms with van der Waals surface area (Å²) in [5, 5.41) is 3.52. The Hall–Kier alpha value is -1.46. The monoisotopic (exact) mass is 256 g/mol. The van der Waals surface area contributed by atoms with Gasteiger partial charge < -0.3 is 10.2 Å². The normalized spacial score (nSPS) is 16.3. The van der Waals surface area contributed by atoms with Gasteiger partial charge in [-0.05, 0) is 37.0 Å². The molecule has 0 bridgehead atoms. The fourth-order valence-electron chi connectivity index (χ4n) is 2.57. The van der Waals surface area contributed by atoms with Crippen LogP contribution in [-0.2, 0) is 6.54 Å². The maximum Gasteiger partial charge on any atom is 0.0366 e. The number of terminal acetylenes is 1. The SMILES string of the molecule is C#CCC(CC)NCc1ccc(N2CCCC2)cc1.